The number of nitrogens with two attached hydrogens (primary N) is 1. The predicted molar refractivity (Wildman–Crippen MR) is 59.8 cm³/mol. The average Bonchev–Trinajstić information content (AvgIpc) is 2.29. The van der Waals surface area contributed by atoms with Gasteiger partial charge in [-0.2, -0.15) is 5.26 Å². The van der Waals surface area contributed by atoms with Crippen LogP contribution in [0.2, 0.25) is 0 Å². The van der Waals surface area contributed by atoms with E-state index < -0.39 is 4.92 Å². The molecule has 5 heteroatoms. The summed E-state index contributed by atoms with van der Waals surface area (Å²) in [5.41, 5.74) is 6.82. The first-order valence-corrected chi connectivity index (χ1v) is 5.01. The second kappa shape index (κ2) is 5.24. The van der Waals surface area contributed by atoms with Gasteiger partial charge in [0, 0.05) is 18.2 Å². The summed E-state index contributed by atoms with van der Waals surface area (Å²) >= 11 is 0. The molecule has 5 nitrogen and oxygen atoms in total. The molecule has 1 rings (SSSR count). The zero-order valence-electron chi connectivity index (χ0n) is 9.01. The van der Waals surface area contributed by atoms with Crippen molar-refractivity contribution in [3.8, 4) is 6.07 Å². The largest absolute Gasteiger partial charge is 0.327 e. The van der Waals surface area contributed by atoms with E-state index in [1.165, 1.54) is 12.1 Å². The molecule has 0 amide bonds. The fraction of sp³-hybridized carbons (Fsp3) is 0.364. The third kappa shape index (κ3) is 2.78. The zero-order valence-corrected chi connectivity index (χ0v) is 9.01. The van der Waals surface area contributed by atoms with Crippen molar-refractivity contribution in [2.24, 2.45) is 5.73 Å². The summed E-state index contributed by atoms with van der Waals surface area (Å²) in [4.78, 5) is 10.0. The highest BCUT2D eigenvalue weighted by atomic mass is 16.6. The molecule has 16 heavy (non-hydrogen) atoms. The maximum Gasteiger partial charge on any atom is 0.270 e. The van der Waals surface area contributed by atoms with E-state index in [1.54, 1.807) is 6.07 Å². The third-order valence-electron chi connectivity index (χ3n) is 2.43. The van der Waals surface area contributed by atoms with E-state index in [9.17, 15) is 10.1 Å². The minimum Gasteiger partial charge on any atom is -0.327 e. The lowest BCUT2D eigenvalue weighted by Crippen LogP contribution is -2.21. The standard InChI is InChI=1S/C11H13N3O2/c1-2-10(13)5-8-3-4-11(14(15)16)6-9(8)7-12/h3-4,6,10H,2,5,13H2,1H3. The van der Waals surface area contributed by atoms with Crippen molar-refractivity contribution in [3.63, 3.8) is 0 Å². The molecule has 1 aromatic carbocycles. The van der Waals surface area contributed by atoms with Gasteiger partial charge in [-0.25, -0.2) is 0 Å². The van der Waals surface area contributed by atoms with Crippen molar-refractivity contribution in [1.29, 1.82) is 5.26 Å². The van der Waals surface area contributed by atoms with Crippen LogP contribution in [-0.4, -0.2) is 11.0 Å². The Bertz CT molecular complexity index is 437. The smallest absolute Gasteiger partial charge is 0.270 e. The number of non-ortho nitro benzene ring substituents is 1. The van der Waals surface area contributed by atoms with Crippen LogP contribution in [0.25, 0.3) is 0 Å². The van der Waals surface area contributed by atoms with Crippen LogP contribution in [0.4, 0.5) is 5.69 Å². The predicted octanol–water partition coefficient (Wildman–Crippen LogP) is 1.75. The van der Waals surface area contributed by atoms with Gasteiger partial charge in [0.1, 0.15) is 0 Å². The molecule has 84 valence electrons. The molecule has 1 unspecified atom stereocenters. The van der Waals surface area contributed by atoms with Gasteiger partial charge in [-0.15, -0.1) is 0 Å². The van der Waals surface area contributed by atoms with Gasteiger partial charge in [0.05, 0.1) is 16.6 Å². The van der Waals surface area contributed by atoms with E-state index in [2.05, 4.69) is 0 Å². The Morgan fingerprint density at radius 2 is 2.31 bits per heavy atom. The Labute approximate surface area is 93.6 Å². The van der Waals surface area contributed by atoms with Crippen molar-refractivity contribution in [2.45, 2.75) is 25.8 Å². The highest BCUT2D eigenvalue weighted by molar-refractivity contribution is 5.46. The number of hydrogen-bond acceptors (Lipinski definition) is 4. The highest BCUT2D eigenvalue weighted by Gasteiger charge is 2.12. The topological polar surface area (TPSA) is 92.9 Å². The molecule has 0 radical (unpaired) electrons. The van der Waals surface area contributed by atoms with Gasteiger partial charge in [0.2, 0.25) is 0 Å². The minimum atomic E-state index is -0.510. The molecule has 2 N–H and O–H groups in total. The second-order valence-corrected chi connectivity index (χ2v) is 3.58. The van der Waals surface area contributed by atoms with Crippen LogP contribution in [0.3, 0.4) is 0 Å². The van der Waals surface area contributed by atoms with E-state index >= 15 is 0 Å². The summed E-state index contributed by atoms with van der Waals surface area (Å²) in [7, 11) is 0. The fourth-order valence-electron chi connectivity index (χ4n) is 1.39. The molecule has 1 atom stereocenters. The Hall–Kier alpha value is -1.93. The van der Waals surface area contributed by atoms with Gasteiger partial charge >= 0.3 is 0 Å². The van der Waals surface area contributed by atoms with E-state index in [0.29, 0.717) is 12.0 Å². The van der Waals surface area contributed by atoms with Gasteiger partial charge in [0.25, 0.3) is 5.69 Å². The molecule has 0 spiro atoms. The first-order valence-electron chi connectivity index (χ1n) is 5.01. The summed E-state index contributed by atoms with van der Waals surface area (Å²) in [6, 6.07) is 6.23. The van der Waals surface area contributed by atoms with Crippen molar-refractivity contribution < 1.29 is 4.92 Å². The maximum absolute atomic E-state index is 10.5. The van der Waals surface area contributed by atoms with Crippen molar-refractivity contribution in [2.75, 3.05) is 0 Å². The molecule has 0 fully saturated rings. The summed E-state index contributed by atoms with van der Waals surface area (Å²) in [6.45, 7) is 1.96. The van der Waals surface area contributed by atoms with Gasteiger partial charge in [-0.3, -0.25) is 10.1 Å². The summed E-state index contributed by atoms with van der Waals surface area (Å²) in [5, 5.41) is 19.4. The van der Waals surface area contributed by atoms with Gasteiger partial charge in [-0.05, 0) is 18.4 Å². The minimum absolute atomic E-state index is 0.0199. The molecular weight excluding hydrogens is 206 g/mol. The molecule has 0 saturated heterocycles. The number of benzene rings is 1. The number of nitro benzene ring substituents is 1. The average molecular weight is 219 g/mol. The van der Waals surface area contributed by atoms with Gasteiger partial charge in [0.15, 0.2) is 0 Å². The number of nitro groups is 1. The number of hydrogen-bond donors (Lipinski definition) is 1. The van der Waals surface area contributed by atoms with Crippen molar-refractivity contribution >= 4 is 5.69 Å². The van der Waals surface area contributed by atoms with E-state index in [1.807, 2.05) is 13.0 Å². The van der Waals surface area contributed by atoms with Crippen LogP contribution >= 0.6 is 0 Å². The number of nitriles is 1. The van der Waals surface area contributed by atoms with E-state index in [0.717, 1.165) is 12.0 Å². The molecule has 0 saturated carbocycles. The summed E-state index contributed by atoms with van der Waals surface area (Å²) in [5.74, 6) is 0. The van der Waals surface area contributed by atoms with Crippen LogP contribution in [0.5, 0.6) is 0 Å². The lowest BCUT2D eigenvalue weighted by atomic mass is 9.99. The SMILES string of the molecule is CCC(N)Cc1ccc([N+](=O)[O-])cc1C#N. The zero-order chi connectivity index (χ0) is 12.1. The Kier molecular flexibility index (Phi) is 3.97. The van der Waals surface area contributed by atoms with Crippen molar-refractivity contribution in [3.05, 3.63) is 39.4 Å². The Morgan fingerprint density at radius 1 is 1.62 bits per heavy atom. The van der Waals surface area contributed by atoms with E-state index in [-0.39, 0.29) is 11.7 Å². The van der Waals surface area contributed by atoms with Crippen molar-refractivity contribution in [1.82, 2.24) is 0 Å². The third-order valence-corrected chi connectivity index (χ3v) is 2.43. The van der Waals surface area contributed by atoms with E-state index in [4.69, 9.17) is 11.0 Å². The van der Waals surface area contributed by atoms with Crippen LogP contribution < -0.4 is 5.73 Å². The van der Waals surface area contributed by atoms with Gasteiger partial charge < -0.3 is 5.73 Å². The molecule has 0 aliphatic carbocycles. The molecule has 0 bridgehead atoms. The molecule has 0 aromatic heterocycles. The fourth-order valence-corrected chi connectivity index (χ4v) is 1.39. The van der Waals surface area contributed by atoms with Gasteiger partial charge in [-0.1, -0.05) is 13.0 Å². The lowest BCUT2D eigenvalue weighted by Gasteiger charge is -2.09. The summed E-state index contributed by atoms with van der Waals surface area (Å²) < 4.78 is 0. The van der Waals surface area contributed by atoms with Crippen LogP contribution in [-0.2, 0) is 6.42 Å². The molecule has 0 aliphatic heterocycles. The molecule has 0 heterocycles. The Morgan fingerprint density at radius 3 is 2.81 bits per heavy atom. The quantitative estimate of drug-likeness (QED) is 0.616. The maximum atomic E-state index is 10.5. The second-order valence-electron chi connectivity index (χ2n) is 3.58. The monoisotopic (exact) mass is 219 g/mol. The first kappa shape index (κ1) is 12.1. The molecular formula is C11H13N3O2. The van der Waals surface area contributed by atoms with Crippen LogP contribution in [0.1, 0.15) is 24.5 Å². The Balaban J connectivity index is 3.03. The highest BCUT2D eigenvalue weighted by Crippen LogP contribution is 2.18. The first-order chi connectivity index (χ1) is 7.58. The summed E-state index contributed by atoms with van der Waals surface area (Å²) in [6.07, 6.45) is 1.37. The normalized spacial score (nSPS) is 11.8. The molecule has 1 aromatic rings. The number of nitrogens with zero attached hydrogens (tertiary/aromatic N) is 2. The van der Waals surface area contributed by atoms with Crippen LogP contribution in [0, 0.1) is 21.4 Å². The molecule has 0 aliphatic rings. The van der Waals surface area contributed by atoms with Crippen LogP contribution in [0.15, 0.2) is 18.2 Å². The lowest BCUT2D eigenvalue weighted by molar-refractivity contribution is -0.384. The number of rotatable bonds is 4.